The van der Waals surface area contributed by atoms with E-state index in [2.05, 4.69) is 32.8 Å². The van der Waals surface area contributed by atoms with Gasteiger partial charge < -0.3 is 26.0 Å². The SMILES string of the molecule is CC(C)N1C(=O)CCCc2cc(Nc3ncc(Cl)c(NC4C5C=CC(C5)C4OC(N)=O)n3)ccc21. The van der Waals surface area contributed by atoms with Crippen molar-refractivity contribution in [2.75, 3.05) is 15.5 Å². The van der Waals surface area contributed by atoms with E-state index in [0.29, 0.717) is 23.2 Å². The number of primary amides is 1. The number of fused-ring (bicyclic) bond motifs is 3. The lowest BCUT2D eigenvalue weighted by Gasteiger charge is -2.28. The fourth-order valence-corrected chi connectivity index (χ4v) is 5.57. The van der Waals surface area contributed by atoms with E-state index < -0.39 is 6.09 Å². The first-order valence-electron chi connectivity index (χ1n) is 12.0. The number of nitrogens with one attached hydrogen (secondary N) is 2. The number of hydrogen-bond donors (Lipinski definition) is 3. The maximum absolute atomic E-state index is 12.6. The van der Waals surface area contributed by atoms with Gasteiger partial charge in [0.25, 0.3) is 0 Å². The molecule has 4 unspecified atom stereocenters. The molecule has 1 saturated carbocycles. The Labute approximate surface area is 209 Å². The monoisotopic (exact) mass is 496 g/mol. The Morgan fingerprint density at radius 1 is 1.26 bits per heavy atom. The first-order chi connectivity index (χ1) is 16.8. The van der Waals surface area contributed by atoms with Gasteiger partial charge in [-0.3, -0.25) is 4.79 Å². The Balaban J connectivity index is 1.36. The smallest absolute Gasteiger partial charge is 0.404 e. The number of halogens is 1. The topological polar surface area (TPSA) is 122 Å². The number of nitrogens with two attached hydrogens (primary N) is 1. The summed E-state index contributed by atoms with van der Waals surface area (Å²) in [7, 11) is 0. The number of rotatable bonds is 6. The van der Waals surface area contributed by atoms with E-state index >= 15 is 0 Å². The average molecular weight is 497 g/mol. The van der Waals surface area contributed by atoms with Crippen LogP contribution in [0.15, 0.2) is 36.5 Å². The maximum Gasteiger partial charge on any atom is 0.404 e. The van der Waals surface area contributed by atoms with Gasteiger partial charge in [-0.1, -0.05) is 23.8 Å². The van der Waals surface area contributed by atoms with Crippen LogP contribution in [0.1, 0.15) is 38.7 Å². The molecule has 35 heavy (non-hydrogen) atoms. The van der Waals surface area contributed by atoms with Crippen molar-refractivity contribution in [2.45, 2.75) is 57.7 Å². The number of hydrogen-bond acceptors (Lipinski definition) is 7. The van der Waals surface area contributed by atoms with Gasteiger partial charge in [0, 0.05) is 35.7 Å². The van der Waals surface area contributed by atoms with E-state index in [1.54, 1.807) is 0 Å². The quantitative estimate of drug-likeness (QED) is 0.506. The zero-order valence-electron chi connectivity index (χ0n) is 19.7. The third kappa shape index (κ3) is 4.65. The summed E-state index contributed by atoms with van der Waals surface area (Å²) in [6, 6.07) is 5.86. The molecule has 2 aliphatic carbocycles. The van der Waals surface area contributed by atoms with Gasteiger partial charge in [-0.25, -0.2) is 9.78 Å². The molecule has 2 amide bonds. The van der Waals surface area contributed by atoms with Crippen molar-refractivity contribution >= 4 is 46.7 Å². The molecule has 1 aromatic carbocycles. The molecule has 0 saturated heterocycles. The minimum atomic E-state index is -0.792. The van der Waals surface area contributed by atoms with Crippen LogP contribution >= 0.6 is 11.6 Å². The number of nitrogens with zero attached hydrogens (tertiary/aromatic N) is 3. The minimum Gasteiger partial charge on any atom is -0.444 e. The Hall–Kier alpha value is -3.33. The van der Waals surface area contributed by atoms with E-state index in [0.717, 1.165) is 36.2 Å². The van der Waals surface area contributed by atoms with Crippen LogP contribution in [-0.2, 0) is 16.0 Å². The summed E-state index contributed by atoms with van der Waals surface area (Å²) in [4.78, 5) is 34.8. The van der Waals surface area contributed by atoms with Crippen molar-refractivity contribution in [3.63, 3.8) is 0 Å². The molecule has 10 heteroatoms. The third-order valence-electron chi connectivity index (χ3n) is 6.90. The molecule has 9 nitrogen and oxygen atoms in total. The molecule has 184 valence electrons. The number of aromatic nitrogens is 2. The van der Waals surface area contributed by atoms with Gasteiger partial charge in [-0.2, -0.15) is 4.98 Å². The summed E-state index contributed by atoms with van der Waals surface area (Å²) in [5, 5.41) is 6.98. The summed E-state index contributed by atoms with van der Waals surface area (Å²) in [5.74, 6) is 1.32. The van der Waals surface area contributed by atoms with Crippen molar-refractivity contribution in [2.24, 2.45) is 17.6 Å². The number of amides is 2. The van der Waals surface area contributed by atoms with Gasteiger partial charge in [0.1, 0.15) is 11.1 Å². The van der Waals surface area contributed by atoms with Gasteiger partial charge in [-0.15, -0.1) is 0 Å². The molecular weight excluding hydrogens is 468 g/mol. The highest BCUT2D eigenvalue weighted by molar-refractivity contribution is 6.32. The van der Waals surface area contributed by atoms with Gasteiger partial charge in [0.15, 0.2) is 5.82 Å². The first kappa shape index (κ1) is 23.4. The predicted octanol–water partition coefficient (Wildman–Crippen LogP) is 4.40. The summed E-state index contributed by atoms with van der Waals surface area (Å²) < 4.78 is 5.39. The molecule has 0 spiro atoms. The van der Waals surface area contributed by atoms with E-state index in [1.807, 2.05) is 36.9 Å². The van der Waals surface area contributed by atoms with Crippen molar-refractivity contribution in [3.8, 4) is 0 Å². The standard InChI is InChI=1S/C25H29ClN6O3/c1-13(2)32-19-9-8-17(11-14(19)4-3-5-20(32)33)29-25-28-12-18(26)23(31-25)30-21-15-6-7-16(10-15)22(21)35-24(27)34/h6-9,11-13,15-16,21-22H,3-5,10H2,1-2H3,(H2,27,34)(H2,28,29,30,31). The highest BCUT2D eigenvalue weighted by atomic mass is 35.5. The summed E-state index contributed by atoms with van der Waals surface area (Å²) in [6.07, 6.45) is 7.63. The number of aryl methyl sites for hydroxylation is 1. The number of carbonyl (C=O) groups excluding carboxylic acids is 2. The molecule has 0 radical (unpaired) electrons. The van der Waals surface area contributed by atoms with Gasteiger partial charge in [0.2, 0.25) is 11.9 Å². The van der Waals surface area contributed by atoms with Gasteiger partial charge in [-0.05, 0) is 56.9 Å². The third-order valence-corrected chi connectivity index (χ3v) is 7.18. The second-order valence-electron chi connectivity index (χ2n) is 9.59. The van der Waals surface area contributed by atoms with Crippen LogP contribution in [0.5, 0.6) is 0 Å². The molecule has 1 aromatic heterocycles. The molecule has 2 heterocycles. The molecule has 2 bridgehead atoms. The zero-order chi connectivity index (χ0) is 24.7. The Morgan fingerprint density at radius 3 is 2.83 bits per heavy atom. The van der Waals surface area contributed by atoms with Crippen LogP contribution in [0, 0.1) is 11.8 Å². The van der Waals surface area contributed by atoms with Crippen molar-refractivity contribution in [1.82, 2.24) is 9.97 Å². The fraction of sp³-hybridized carbons (Fsp3) is 0.440. The lowest BCUT2D eigenvalue weighted by atomic mass is 9.98. The van der Waals surface area contributed by atoms with Crippen LogP contribution in [0.3, 0.4) is 0 Å². The normalized spacial score (nSPS) is 24.9. The first-order valence-corrected chi connectivity index (χ1v) is 12.3. The Bertz CT molecular complexity index is 1190. The predicted molar refractivity (Wildman–Crippen MR) is 135 cm³/mol. The second kappa shape index (κ2) is 9.37. The second-order valence-corrected chi connectivity index (χ2v) is 10.00. The molecule has 4 N–H and O–H groups in total. The van der Waals surface area contributed by atoms with Crippen LogP contribution in [0.4, 0.5) is 27.9 Å². The fourth-order valence-electron chi connectivity index (χ4n) is 5.43. The molecule has 1 fully saturated rings. The molecule has 3 aliphatic rings. The Morgan fingerprint density at radius 2 is 2.06 bits per heavy atom. The van der Waals surface area contributed by atoms with Crippen molar-refractivity contribution in [3.05, 3.63) is 47.1 Å². The van der Waals surface area contributed by atoms with Gasteiger partial charge in [0.05, 0.1) is 12.2 Å². The Kier molecular flexibility index (Phi) is 6.27. The highest BCUT2D eigenvalue weighted by Crippen LogP contribution is 2.43. The summed E-state index contributed by atoms with van der Waals surface area (Å²) in [5.41, 5.74) is 8.19. The minimum absolute atomic E-state index is 0.0921. The number of ether oxygens (including phenoxy) is 1. The van der Waals surface area contributed by atoms with Crippen LogP contribution in [0.25, 0.3) is 0 Å². The van der Waals surface area contributed by atoms with E-state index in [1.165, 1.54) is 6.20 Å². The summed E-state index contributed by atoms with van der Waals surface area (Å²) in [6.45, 7) is 4.06. The van der Waals surface area contributed by atoms with Gasteiger partial charge >= 0.3 is 6.09 Å². The summed E-state index contributed by atoms with van der Waals surface area (Å²) >= 11 is 6.40. The molecule has 5 rings (SSSR count). The van der Waals surface area contributed by atoms with Crippen LogP contribution < -0.4 is 21.3 Å². The van der Waals surface area contributed by atoms with Crippen molar-refractivity contribution < 1.29 is 14.3 Å². The average Bonchev–Trinajstić information content (AvgIpc) is 3.35. The molecule has 2 aromatic rings. The lowest BCUT2D eigenvalue weighted by Crippen LogP contribution is -2.41. The van der Waals surface area contributed by atoms with Crippen LogP contribution in [0.2, 0.25) is 5.02 Å². The number of benzene rings is 1. The maximum atomic E-state index is 12.6. The van der Waals surface area contributed by atoms with E-state index in [4.69, 9.17) is 22.1 Å². The molecule has 1 aliphatic heterocycles. The van der Waals surface area contributed by atoms with E-state index in [-0.39, 0.29) is 35.9 Å². The lowest BCUT2D eigenvalue weighted by molar-refractivity contribution is -0.118. The molecular formula is C25H29ClN6O3. The number of anilines is 4. The zero-order valence-corrected chi connectivity index (χ0v) is 20.5. The van der Waals surface area contributed by atoms with E-state index in [9.17, 15) is 9.59 Å². The highest BCUT2D eigenvalue weighted by Gasteiger charge is 2.47. The van der Waals surface area contributed by atoms with Crippen molar-refractivity contribution in [1.29, 1.82) is 0 Å². The van der Waals surface area contributed by atoms with Crippen LogP contribution in [-0.4, -0.2) is 40.2 Å². The largest absolute Gasteiger partial charge is 0.444 e. The molecule has 4 atom stereocenters. The number of carbonyl (C=O) groups is 2.